The molecule has 5 aromatic rings. The van der Waals surface area contributed by atoms with E-state index in [1.807, 2.05) is 35.7 Å². The van der Waals surface area contributed by atoms with Crippen LogP contribution < -0.4 is 10.9 Å². The molecule has 0 bridgehead atoms. The van der Waals surface area contributed by atoms with Crippen LogP contribution in [0.2, 0.25) is 0 Å². The molecule has 32 heavy (non-hydrogen) atoms. The van der Waals surface area contributed by atoms with Gasteiger partial charge in [0.2, 0.25) is 5.95 Å². The summed E-state index contributed by atoms with van der Waals surface area (Å²) in [6.45, 7) is 4.59. The van der Waals surface area contributed by atoms with Crippen molar-refractivity contribution in [2.45, 2.75) is 20.4 Å². The number of nitrogens with zero attached hydrogens (tertiary/aromatic N) is 6. The van der Waals surface area contributed by atoms with E-state index in [4.69, 9.17) is 0 Å². The molecule has 9 nitrogen and oxygen atoms in total. The Morgan fingerprint density at radius 1 is 1.00 bits per heavy atom. The Bertz CT molecular complexity index is 1490. The molecule has 2 N–H and O–H groups in total. The number of hydrogen-bond donors (Lipinski definition) is 2. The average molecular weight is 424 g/mol. The molecule has 0 radical (unpaired) electrons. The highest BCUT2D eigenvalue weighted by atomic mass is 16.1. The van der Waals surface area contributed by atoms with Crippen molar-refractivity contribution < 1.29 is 0 Å². The highest BCUT2D eigenvalue weighted by Gasteiger charge is 2.10. The van der Waals surface area contributed by atoms with Gasteiger partial charge in [0.25, 0.3) is 5.56 Å². The lowest BCUT2D eigenvalue weighted by atomic mass is 10.1. The van der Waals surface area contributed by atoms with Crippen LogP contribution in [0.25, 0.3) is 28.0 Å². The largest absolute Gasteiger partial charge is 0.351 e. The van der Waals surface area contributed by atoms with Crippen molar-refractivity contribution in [1.82, 2.24) is 34.5 Å². The average Bonchev–Trinajstić information content (AvgIpc) is 3.20. The van der Waals surface area contributed by atoms with Gasteiger partial charge in [-0.05, 0) is 49.2 Å². The number of nitrogens with one attached hydrogen (secondary N) is 2. The van der Waals surface area contributed by atoms with Gasteiger partial charge in [-0.2, -0.15) is 5.10 Å². The van der Waals surface area contributed by atoms with E-state index < -0.39 is 0 Å². The fraction of sp³-hybridized carbons (Fsp3) is 0.130. The lowest BCUT2D eigenvalue weighted by Crippen LogP contribution is -2.10. The van der Waals surface area contributed by atoms with Crippen molar-refractivity contribution in [1.29, 1.82) is 0 Å². The van der Waals surface area contributed by atoms with E-state index in [0.29, 0.717) is 23.8 Å². The second-order valence-electron chi connectivity index (χ2n) is 7.50. The third-order valence-electron chi connectivity index (χ3n) is 5.18. The minimum Gasteiger partial charge on any atom is -0.351 e. The first-order valence-corrected chi connectivity index (χ1v) is 10.1. The molecule has 0 fully saturated rings. The number of aromatic nitrogens is 7. The molecule has 158 valence electrons. The number of anilines is 1. The Hall–Kier alpha value is -4.40. The number of aryl methyl sites for hydroxylation is 2. The van der Waals surface area contributed by atoms with Crippen LogP contribution in [0.15, 0.2) is 66.2 Å². The summed E-state index contributed by atoms with van der Waals surface area (Å²) < 4.78 is 1.84. The van der Waals surface area contributed by atoms with Crippen molar-refractivity contribution >= 4 is 11.5 Å². The molecule has 0 saturated carbocycles. The van der Waals surface area contributed by atoms with E-state index >= 15 is 0 Å². The minimum absolute atomic E-state index is 0.282. The fourth-order valence-electron chi connectivity index (χ4n) is 3.63. The van der Waals surface area contributed by atoms with Gasteiger partial charge in [0.1, 0.15) is 6.33 Å². The van der Waals surface area contributed by atoms with Crippen LogP contribution in [-0.2, 0) is 6.54 Å². The molecule has 5 rings (SSSR count). The minimum atomic E-state index is -0.282. The maximum absolute atomic E-state index is 12.0. The van der Waals surface area contributed by atoms with Gasteiger partial charge in [0.05, 0.1) is 28.7 Å². The molecule has 0 aliphatic heterocycles. The number of rotatable bonds is 5. The molecule has 0 spiro atoms. The monoisotopic (exact) mass is 424 g/mol. The Kier molecular flexibility index (Phi) is 4.91. The van der Waals surface area contributed by atoms with Crippen LogP contribution in [0.4, 0.5) is 5.95 Å². The maximum Gasteiger partial charge on any atom is 0.273 e. The third-order valence-corrected chi connectivity index (χ3v) is 5.18. The molecular weight excluding hydrogens is 404 g/mol. The summed E-state index contributed by atoms with van der Waals surface area (Å²) in [7, 11) is 0. The summed E-state index contributed by atoms with van der Waals surface area (Å²) in [5.41, 5.74) is 6.68. The molecule has 5 heterocycles. The first-order valence-electron chi connectivity index (χ1n) is 10.1. The summed E-state index contributed by atoms with van der Waals surface area (Å²) in [5.74, 6) is 0.661. The molecule has 0 unspecified atom stereocenters. The molecule has 0 aliphatic rings. The Balaban J connectivity index is 1.36. The molecular formula is C23H20N8O. The predicted octanol–water partition coefficient (Wildman–Crippen LogP) is 3.17. The highest BCUT2D eigenvalue weighted by molar-refractivity contribution is 5.65. The third kappa shape index (κ3) is 3.71. The summed E-state index contributed by atoms with van der Waals surface area (Å²) >= 11 is 0. The second kappa shape index (κ2) is 8.03. The molecule has 0 atom stereocenters. The summed E-state index contributed by atoms with van der Waals surface area (Å²) in [5, 5.41) is 9.48. The summed E-state index contributed by atoms with van der Waals surface area (Å²) in [6, 6.07) is 9.58. The van der Waals surface area contributed by atoms with Gasteiger partial charge in [0.15, 0.2) is 0 Å². The Morgan fingerprint density at radius 3 is 2.72 bits per heavy atom. The van der Waals surface area contributed by atoms with Crippen molar-refractivity contribution in [3.63, 3.8) is 0 Å². The standard InChI is InChI=1S/C23H20N8O/c1-14-7-16(10-25-21(14)17-3-5-24-15(2)8-17)11-26-23-27-12-18-9-20(28-13-31(18)23)19-4-6-29-30-22(19)32/h3-10,12-13H,11H2,1-2H3,(H,26,27)(H,30,32). The zero-order valence-electron chi connectivity index (χ0n) is 17.6. The van der Waals surface area contributed by atoms with E-state index in [0.717, 1.165) is 33.6 Å². The Morgan fingerprint density at radius 2 is 1.91 bits per heavy atom. The first kappa shape index (κ1) is 19.6. The van der Waals surface area contributed by atoms with E-state index in [2.05, 4.69) is 48.4 Å². The normalized spacial score (nSPS) is 11.1. The number of aromatic amines is 1. The molecule has 5 aromatic heterocycles. The molecule has 0 amide bonds. The first-order chi connectivity index (χ1) is 15.6. The van der Waals surface area contributed by atoms with Gasteiger partial charge >= 0.3 is 0 Å². The molecule has 0 aromatic carbocycles. The lowest BCUT2D eigenvalue weighted by Gasteiger charge is -2.10. The fourth-order valence-corrected chi connectivity index (χ4v) is 3.63. The quantitative estimate of drug-likeness (QED) is 0.445. The zero-order valence-corrected chi connectivity index (χ0v) is 17.6. The second-order valence-corrected chi connectivity index (χ2v) is 7.50. The van der Waals surface area contributed by atoms with Crippen molar-refractivity contribution in [2.75, 3.05) is 5.32 Å². The van der Waals surface area contributed by atoms with E-state index in [9.17, 15) is 4.79 Å². The summed E-state index contributed by atoms with van der Waals surface area (Å²) in [4.78, 5) is 29.7. The van der Waals surface area contributed by atoms with Crippen LogP contribution in [0, 0.1) is 13.8 Å². The summed E-state index contributed by atoms with van der Waals surface area (Å²) in [6.07, 6.45) is 8.59. The topological polar surface area (TPSA) is 114 Å². The maximum atomic E-state index is 12.0. The van der Waals surface area contributed by atoms with Gasteiger partial charge in [-0.25, -0.2) is 15.1 Å². The van der Waals surface area contributed by atoms with Crippen LogP contribution in [0.1, 0.15) is 16.8 Å². The molecule has 0 aliphatic carbocycles. The van der Waals surface area contributed by atoms with E-state index in [1.54, 1.807) is 24.8 Å². The van der Waals surface area contributed by atoms with Gasteiger partial charge in [-0.1, -0.05) is 6.07 Å². The highest BCUT2D eigenvalue weighted by Crippen LogP contribution is 2.22. The number of H-pyrrole nitrogens is 1. The van der Waals surface area contributed by atoms with Gasteiger partial charge < -0.3 is 5.32 Å². The predicted molar refractivity (Wildman–Crippen MR) is 121 cm³/mol. The van der Waals surface area contributed by atoms with Crippen LogP contribution in [0.3, 0.4) is 0 Å². The van der Waals surface area contributed by atoms with Crippen molar-refractivity contribution in [2.24, 2.45) is 0 Å². The van der Waals surface area contributed by atoms with Crippen molar-refractivity contribution in [3.8, 4) is 22.5 Å². The van der Waals surface area contributed by atoms with Crippen LogP contribution in [-0.4, -0.2) is 34.5 Å². The SMILES string of the molecule is Cc1cc(-c2ncc(CNc3ncc4cc(-c5ccn[nH]c5=O)ncn34)cc2C)ccn1. The van der Waals surface area contributed by atoms with Crippen molar-refractivity contribution in [3.05, 3.63) is 88.6 Å². The van der Waals surface area contributed by atoms with E-state index in [1.165, 1.54) is 6.20 Å². The van der Waals surface area contributed by atoms with Crippen LogP contribution >= 0.6 is 0 Å². The van der Waals surface area contributed by atoms with Crippen LogP contribution in [0.5, 0.6) is 0 Å². The van der Waals surface area contributed by atoms with E-state index in [-0.39, 0.29) is 5.56 Å². The molecule has 9 heteroatoms. The number of imidazole rings is 1. The zero-order chi connectivity index (χ0) is 22.1. The van der Waals surface area contributed by atoms with Gasteiger partial charge in [-0.15, -0.1) is 0 Å². The molecule has 0 saturated heterocycles. The lowest BCUT2D eigenvalue weighted by molar-refractivity contribution is 0.983. The van der Waals surface area contributed by atoms with Gasteiger partial charge in [0, 0.05) is 36.4 Å². The van der Waals surface area contributed by atoms with Gasteiger partial charge in [-0.3, -0.25) is 19.2 Å². The number of fused-ring (bicyclic) bond motifs is 1. The Labute approximate surface area is 183 Å². The number of pyridine rings is 2. The number of hydrogen-bond acceptors (Lipinski definition) is 7. The smallest absolute Gasteiger partial charge is 0.273 e.